The maximum Gasteiger partial charge on any atom is 0.319 e. The van der Waals surface area contributed by atoms with E-state index in [2.05, 4.69) is 24.5 Å². The molecule has 6 rings (SSSR count). The first-order chi connectivity index (χ1) is 16.5. The van der Waals surface area contributed by atoms with Gasteiger partial charge in [0.2, 0.25) is 0 Å². The second-order valence-corrected chi connectivity index (χ2v) is 12.7. The number of carbonyl (C=O) groups excluding carboxylic acids is 2. The summed E-state index contributed by atoms with van der Waals surface area (Å²) in [6.07, 6.45) is 8.76. The van der Waals surface area contributed by atoms with Gasteiger partial charge in [-0.25, -0.2) is 4.79 Å². The summed E-state index contributed by atoms with van der Waals surface area (Å²) in [5, 5.41) is 15.7. The van der Waals surface area contributed by atoms with Crippen LogP contribution in [0.25, 0.3) is 0 Å². The quantitative estimate of drug-likeness (QED) is 0.533. The predicted molar refractivity (Wildman–Crippen MR) is 134 cm³/mol. The Labute approximate surface area is 208 Å². The minimum absolute atomic E-state index is 0.0649. The molecule has 4 saturated carbocycles. The molecule has 5 aliphatic rings. The maximum atomic E-state index is 13.1. The van der Waals surface area contributed by atoms with Gasteiger partial charge in [-0.05, 0) is 98.8 Å². The van der Waals surface area contributed by atoms with Gasteiger partial charge in [0.05, 0.1) is 5.92 Å². The molecule has 1 aliphatic heterocycles. The van der Waals surface area contributed by atoms with E-state index in [9.17, 15) is 19.5 Å². The summed E-state index contributed by atoms with van der Waals surface area (Å²) in [5.74, 6) is -0.527. The van der Waals surface area contributed by atoms with Gasteiger partial charge in [-0.15, -0.1) is 0 Å². The highest BCUT2D eigenvalue weighted by Crippen LogP contribution is 2.66. The summed E-state index contributed by atoms with van der Waals surface area (Å²) in [6, 6.07) is 6.83. The molecule has 1 aromatic carbocycles. The van der Waals surface area contributed by atoms with Gasteiger partial charge >= 0.3 is 12.0 Å². The van der Waals surface area contributed by atoms with Gasteiger partial charge in [-0.1, -0.05) is 20.8 Å². The summed E-state index contributed by atoms with van der Waals surface area (Å²) in [4.78, 5) is 39.3. The van der Waals surface area contributed by atoms with E-state index in [4.69, 9.17) is 0 Å². The van der Waals surface area contributed by atoms with Crippen LogP contribution in [-0.4, -0.2) is 46.0 Å². The van der Waals surface area contributed by atoms with Crippen LogP contribution in [0.5, 0.6) is 0 Å². The van der Waals surface area contributed by atoms with Crippen LogP contribution in [0.3, 0.4) is 0 Å². The van der Waals surface area contributed by atoms with Crippen LogP contribution in [-0.2, 0) is 4.79 Å². The van der Waals surface area contributed by atoms with Gasteiger partial charge < -0.3 is 20.6 Å². The molecule has 0 radical (unpaired) electrons. The zero-order valence-electron chi connectivity index (χ0n) is 21.2. The molecule has 0 aromatic heterocycles. The molecule has 1 saturated heterocycles. The van der Waals surface area contributed by atoms with Crippen LogP contribution in [0.2, 0.25) is 0 Å². The molecule has 6 atom stereocenters. The third-order valence-electron chi connectivity index (χ3n) is 9.19. The monoisotopic (exact) mass is 481 g/mol. The molecule has 7 nitrogen and oxygen atoms in total. The summed E-state index contributed by atoms with van der Waals surface area (Å²) in [7, 11) is 0. The lowest BCUT2D eigenvalue weighted by molar-refractivity contribution is -0.143. The molecule has 35 heavy (non-hydrogen) atoms. The number of carboxylic acids is 1. The van der Waals surface area contributed by atoms with E-state index in [-0.39, 0.29) is 29.4 Å². The maximum absolute atomic E-state index is 13.1. The normalized spacial score (nSPS) is 37.7. The van der Waals surface area contributed by atoms with Crippen molar-refractivity contribution in [2.75, 3.05) is 11.9 Å². The Morgan fingerprint density at radius 1 is 1.03 bits per heavy atom. The van der Waals surface area contributed by atoms with Crippen molar-refractivity contribution < 1.29 is 19.5 Å². The minimum atomic E-state index is -0.777. The lowest BCUT2D eigenvalue weighted by Crippen LogP contribution is -2.65. The Balaban J connectivity index is 1.21. The first kappa shape index (κ1) is 24.1. The van der Waals surface area contributed by atoms with E-state index in [0.29, 0.717) is 47.4 Å². The van der Waals surface area contributed by atoms with E-state index in [1.165, 1.54) is 19.3 Å². The molecule has 1 heterocycles. The number of benzene rings is 1. The number of aliphatic carboxylic acids is 1. The van der Waals surface area contributed by atoms with E-state index in [1.807, 2.05) is 11.8 Å². The van der Waals surface area contributed by atoms with Crippen molar-refractivity contribution in [3.8, 4) is 0 Å². The Bertz CT molecular complexity index is 1000. The SMILES string of the molecule is CCC1CC(C(=O)O)CCN1C(=O)c1ccc(NC(=O)NC23CC4C[C@@](C)(C2)C[C@](C)(C4)C3)cc1. The van der Waals surface area contributed by atoms with Crippen molar-refractivity contribution in [1.29, 1.82) is 0 Å². The second-order valence-electron chi connectivity index (χ2n) is 12.7. The number of carbonyl (C=O) groups is 3. The average molecular weight is 482 g/mol. The van der Waals surface area contributed by atoms with E-state index in [1.54, 1.807) is 24.3 Å². The molecule has 4 unspecified atom stereocenters. The number of nitrogens with one attached hydrogen (secondary N) is 2. The molecule has 4 bridgehead atoms. The second kappa shape index (κ2) is 8.52. The number of rotatable bonds is 5. The lowest BCUT2D eigenvalue weighted by atomic mass is 9.43. The number of piperidine rings is 1. The molecular weight excluding hydrogens is 442 g/mol. The van der Waals surface area contributed by atoms with Crippen molar-refractivity contribution in [3.63, 3.8) is 0 Å². The fourth-order valence-corrected chi connectivity index (χ4v) is 8.78. The number of hydrogen-bond acceptors (Lipinski definition) is 3. The fraction of sp³-hybridized carbons (Fsp3) is 0.679. The number of urea groups is 1. The molecule has 3 N–H and O–H groups in total. The zero-order chi connectivity index (χ0) is 25.0. The largest absolute Gasteiger partial charge is 0.481 e. The zero-order valence-corrected chi connectivity index (χ0v) is 21.2. The number of hydrogen-bond donors (Lipinski definition) is 3. The van der Waals surface area contributed by atoms with Gasteiger partial charge in [0.25, 0.3) is 5.91 Å². The van der Waals surface area contributed by atoms with Gasteiger partial charge in [0.15, 0.2) is 0 Å². The average Bonchev–Trinajstić information content (AvgIpc) is 2.75. The smallest absolute Gasteiger partial charge is 0.319 e. The van der Waals surface area contributed by atoms with Crippen LogP contribution < -0.4 is 10.6 Å². The molecule has 0 spiro atoms. The third kappa shape index (κ3) is 4.66. The van der Waals surface area contributed by atoms with Gasteiger partial charge in [0.1, 0.15) is 0 Å². The van der Waals surface area contributed by atoms with E-state index in [0.717, 1.165) is 25.7 Å². The number of likely N-dealkylation sites (tertiary alicyclic amines) is 1. The van der Waals surface area contributed by atoms with Crippen LogP contribution in [0.4, 0.5) is 10.5 Å². The Morgan fingerprint density at radius 3 is 2.26 bits per heavy atom. The first-order valence-corrected chi connectivity index (χ1v) is 13.2. The summed E-state index contributed by atoms with van der Waals surface area (Å²) in [6.45, 7) is 7.24. The van der Waals surface area contributed by atoms with Crippen molar-refractivity contribution in [2.45, 2.75) is 90.1 Å². The highest BCUT2D eigenvalue weighted by molar-refractivity contribution is 5.96. The molecular formula is C28H39N3O4. The molecule has 5 fully saturated rings. The van der Waals surface area contributed by atoms with E-state index < -0.39 is 5.97 Å². The summed E-state index contributed by atoms with van der Waals surface area (Å²) < 4.78 is 0. The van der Waals surface area contributed by atoms with Crippen LogP contribution in [0.1, 0.15) is 88.9 Å². The van der Waals surface area contributed by atoms with Crippen molar-refractivity contribution in [3.05, 3.63) is 29.8 Å². The number of nitrogens with zero attached hydrogens (tertiary/aromatic N) is 1. The van der Waals surface area contributed by atoms with Gasteiger partial charge in [0, 0.05) is 29.4 Å². The Hall–Kier alpha value is -2.57. The topological polar surface area (TPSA) is 98.7 Å². The Morgan fingerprint density at radius 2 is 1.69 bits per heavy atom. The van der Waals surface area contributed by atoms with E-state index >= 15 is 0 Å². The van der Waals surface area contributed by atoms with Gasteiger partial charge in [-0.3, -0.25) is 9.59 Å². The standard InChI is InChI=1S/C28H39N3O4/c1-4-22-11-20(24(33)34)9-10-31(22)23(32)19-5-7-21(8-6-19)29-25(35)30-28-14-18-12-26(2,16-28)15-27(3,13-18)17-28/h5-8,18,20,22H,4,9-17H2,1-3H3,(H,33,34)(H2,29,30,35)/t18?,20?,22?,26-,27+,28?. The van der Waals surface area contributed by atoms with Gasteiger partial charge in [-0.2, -0.15) is 0 Å². The molecule has 1 aromatic rings. The highest BCUT2D eigenvalue weighted by atomic mass is 16.4. The molecule has 7 heteroatoms. The highest BCUT2D eigenvalue weighted by Gasteiger charge is 2.60. The van der Waals surface area contributed by atoms with Crippen molar-refractivity contribution in [2.24, 2.45) is 22.7 Å². The van der Waals surface area contributed by atoms with Crippen molar-refractivity contribution in [1.82, 2.24) is 10.2 Å². The van der Waals surface area contributed by atoms with Crippen molar-refractivity contribution >= 4 is 23.6 Å². The third-order valence-corrected chi connectivity index (χ3v) is 9.19. The number of anilines is 1. The van der Waals surface area contributed by atoms with Crippen LogP contribution in [0, 0.1) is 22.7 Å². The summed E-state index contributed by atoms with van der Waals surface area (Å²) >= 11 is 0. The summed E-state index contributed by atoms with van der Waals surface area (Å²) in [5.41, 5.74) is 1.78. The Kier molecular flexibility index (Phi) is 5.88. The minimum Gasteiger partial charge on any atom is -0.481 e. The number of amides is 3. The molecule has 3 amide bonds. The number of carboxylic acid groups (broad SMARTS) is 1. The van der Waals surface area contributed by atoms with Crippen LogP contribution in [0.15, 0.2) is 24.3 Å². The van der Waals surface area contributed by atoms with Crippen LogP contribution >= 0.6 is 0 Å². The lowest BCUT2D eigenvalue weighted by Gasteiger charge is -2.65. The molecule has 4 aliphatic carbocycles. The first-order valence-electron chi connectivity index (χ1n) is 13.2. The predicted octanol–water partition coefficient (Wildman–Crippen LogP) is 5.27. The molecule has 190 valence electrons. The fourth-order valence-electron chi connectivity index (χ4n) is 8.78.